The molecular formula is C14H26ClN5O3. The maximum atomic E-state index is 12.0. The molecular weight excluding hydrogens is 322 g/mol. The largest absolute Gasteiger partial charge is 0.352 e. The third kappa shape index (κ3) is 6.15. The van der Waals surface area contributed by atoms with E-state index in [4.69, 9.17) is 5.73 Å². The van der Waals surface area contributed by atoms with Gasteiger partial charge >= 0.3 is 5.69 Å². The van der Waals surface area contributed by atoms with Gasteiger partial charge in [0.2, 0.25) is 5.91 Å². The molecule has 0 aliphatic carbocycles. The number of amides is 1. The molecule has 0 radical (unpaired) electrons. The van der Waals surface area contributed by atoms with Crippen LogP contribution in [-0.4, -0.2) is 33.2 Å². The number of nitrogens with two attached hydrogens (primary N) is 1. The van der Waals surface area contributed by atoms with Crippen LogP contribution < -0.4 is 11.1 Å². The summed E-state index contributed by atoms with van der Waals surface area (Å²) >= 11 is 0. The van der Waals surface area contributed by atoms with Gasteiger partial charge in [-0.25, -0.2) is 0 Å². The molecule has 0 fully saturated rings. The molecule has 0 spiro atoms. The number of halogens is 1. The zero-order chi connectivity index (χ0) is 16.9. The molecule has 1 unspecified atom stereocenters. The number of rotatable bonds is 8. The van der Waals surface area contributed by atoms with E-state index in [1.807, 2.05) is 0 Å². The van der Waals surface area contributed by atoms with Crippen LogP contribution in [0, 0.1) is 29.9 Å². The number of aryl methyl sites for hydroxylation is 2. The Kier molecular flexibility index (Phi) is 8.78. The summed E-state index contributed by atoms with van der Waals surface area (Å²) in [6.07, 6.45) is 1.04. The summed E-state index contributed by atoms with van der Waals surface area (Å²) < 4.78 is 1.51. The molecule has 1 aromatic rings. The molecule has 0 aliphatic heterocycles. The summed E-state index contributed by atoms with van der Waals surface area (Å²) in [5.41, 5.74) is 6.49. The SMILES string of the molecule is Cc1nn(CCC(=O)NC(CN)CC(C)C)c(C)c1[N+](=O)[O-].Cl. The highest BCUT2D eigenvalue weighted by Crippen LogP contribution is 2.21. The monoisotopic (exact) mass is 347 g/mol. The van der Waals surface area contributed by atoms with Crippen LogP contribution >= 0.6 is 12.4 Å². The van der Waals surface area contributed by atoms with Crippen molar-refractivity contribution in [2.75, 3.05) is 6.54 Å². The molecule has 1 rings (SSSR count). The highest BCUT2D eigenvalue weighted by molar-refractivity contribution is 5.85. The minimum absolute atomic E-state index is 0. The average molecular weight is 348 g/mol. The lowest BCUT2D eigenvalue weighted by Crippen LogP contribution is -2.41. The Morgan fingerprint density at radius 1 is 1.43 bits per heavy atom. The number of nitrogens with one attached hydrogen (secondary N) is 1. The molecule has 1 atom stereocenters. The van der Waals surface area contributed by atoms with E-state index in [0.29, 0.717) is 30.4 Å². The Morgan fingerprint density at radius 2 is 2.04 bits per heavy atom. The summed E-state index contributed by atoms with van der Waals surface area (Å²) in [6, 6.07) is -0.0395. The second-order valence-corrected chi connectivity index (χ2v) is 5.88. The highest BCUT2D eigenvalue weighted by atomic mass is 35.5. The molecule has 0 bridgehead atoms. The van der Waals surface area contributed by atoms with Gasteiger partial charge in [0.1, 0.15) is 11.4 Å². The molecule has 0 saturated carbocycles. The number of carbonyl (C=O) groups is 1. The van der Waals surface area contributed by atoms with Gasteiger partial charge in [-0.15, -0.1) is 12.4 Å². The van der Waals surface area contributed by atoms with E-state index in [1.54, 1.807) is 13.8 Å². The maximum Gasteiger partial charge on any atom is 0.312 e. The molecule has 3 N–H and O–H groups in total. The van der Waals surface area contributed by atoms with Crippen LogP contribution in [0.5, 0.6) is 0 Å². The van der Waals surface area contributed by atoms with Gasteiger partial charge in [0.15, 0.2) is 0 Å². The van der Waals surface area contributed by atoms with Crippen LogP contribution in [0.4, 0.5) is 5.69 Å². The van der Waals surface area contributed by atoms with Crippen molar-refractivity contribution in [1.82, 2.24) is 15.1 Å². The fourth-order valence-corrected chi connectivity index (χ4v) is 2.46. The third-order valence-electron chi connectivity index (χ3n) is 3.48. The highest BCUT2D eigenvalue weighted by Gasteiger charge is 2.22. The molecule has 0 saturated heterocycles. The number of aromatic nitrogens is 2. The Morgan fingerprint density at radius 3 is 2.48 bits per heavy atom. The van der Waals surface area contributed by atoms with Crippen LogP contribution in [-0.2, 0) is 11.3 Å². The van der Waals surface area contributed by atoms with Crippen molar-refractivity contribution >= 4 is 24.0 Å². The average Bonchev–Trinajstić information content (AvgIpc) is 2.69. The number of hydrogen-bond donors (Lipinski definition) is 2. The summed E-state index contributed by atoms with van der Waals surface area (Å²) in [4.78, 5) is 22.5. The zero-order valence-electron chi connectivity index (χ0n) is 14.0. The lowest BCUT2D eigenvalue weighted by molar-refractivity contribution is -0.386. The Bertz CT molecular complexity index is 545. The second-order valence-electron chi connectivity index (χ2n) is 5.88. The normalized spacial score (nSPS) is 11.9. The quantitative estimate of drug-likeness (QED) is 0.548. The van der Waals surface area contributed by atoms with Crippen LogP contribution in [0.3, 0.4) is 0 Å². The zero-order valence-corrected chi connectivity index (χ0v) is 14.9. The molecule has 0 aliphatic rings. The van der Waals surface area contributed by atoms with Crippen molar-refractivity contribution in [2.45, 2.75) is 53.1 Å². The first-order valence-electron chi connectivity index (χ1n) is 7.44. The maximum absolute atomic E-state index is 12.0. The van der Waals surface area contributed by atoms with E-state index >= 15 is 0 Å². The summed E-state index contributed by atoms with van der Waals surface area (Å²) in [5.74, 6) is 0.332. The van der Waals surface area contributed by atoms with Crippen molar-refractivity contribution in [1.29, 1.82) is 0 Å². The van der Waals surface area contributed by atoms with E-state index in [2.05, 4.69) is 24.3 Å². The standard InChI is InChI=1S/C14H25N5O3.ClH/c1-9(2)7-12(8-15)16-13(20)5-6-18-11(4)14(19(21)22)10(3)17-18;/h9,12H,5-8,15H2,1-4H3,(H,16,20);1H. The van der Waals surface area contributed by atoms with E-state index < -0.39 is 4.92 Å². The van der Waals surface area contributed by atoms with Crippen molar-refractivity contribution in [2.24, 2.45) is 11.7 Å². The molecule has 0 aromatic carbocycles. The molecule has 9 heteroatoms. The van der Waals surface area contributed by atoms with Crippen LogP contribution in [0.15, 0.2) is 0 Å². The summed E-state index contributed by atoms with van der Waals surface area (Å²) in [5, 5.41) is 18.0. The van der Waals surface area contributed by atoms with Crippen LogP contribution in [0.2, 0.25) is 0 Å². The minimum Gasteiger partial charge on any atom is -0.352 e. The predicted molar refractivity (Wildman–Crippen MR) is 90.7 cm³/mol. The minimum atomic E-state index is -0.443. The number of nitro groups is 1. The van der Waals surface area contributed by atoms with Gasteiger partial charge in [-0.3, -0.25) is 19.6 Å². The predicted octanol–water partition coefficient (Wildman–Crippen LogP) is 1.71. The molecule has 1 heterocycles. The first-order chi connectivity index (χ1) is 10.3. The van der Waals surface area contributed by atoms with Crippen LogP contribution in [0.25, 0.3) is 0 Å². The summed E-state index contributed by atoms with van der Waals surface area (Å²) in [6.45, 7) is 8.08. The Labute approximate surface area is 142 Å². The van der Waals surface area contributed by atoms with Crippen LogP contribution in [0.1, 0.15) is 38.1 Å². The molecule has 132 valence electrons. The fraction of sp³-hybridized carbons (Fsp3) is 0.714. The number of hydrogen-bond acceptors (Lipinski definition) is 5. The Balaban J connectivity index is 0.00000484. The van der Waals surface area contributed by atoms with Gasteiger partial charge in [0.25, 0.3) is 0 Å². The van der Waals surface area contributed by atoms with E-state index in [1.165, 1.54) is 4.68 Å². The summed E-state index contributed by atoms with van der Waals surface area (Å²) in [7, 11) is 0. The van der Waals surface area contributed by atoms with Crippen molar-refractivity contribution in [3.05, 3.63) is 21.5 Å². The smallest absolute Gasteiger partial charge is 0.312 e. The molecule has 1 amide bonds. The van der Waals surface area contributed by atoms with Crippen molar-refractivity contribution in [3.63, 3.8) is 0 Å². The van der Waals surface area contributed by atoms with Gasteiger partial charge in [-0.2, -0.15) is 5.10 Å². The lowest BCUT2D eigenvalue weighted by Gasteiger charge is -2.18. The first-order valence-corrected chi connectivity index (χ1v) is 7.44. The van der Waals surface area contributed by atoms with Crippen molar-refractivity contribution in [3.8, 4) is 0 Å². The van der Waals surface area contributed by atoms with Crippen molar-refractivity contribution < 1.29 is 9.72 Å². The first kappa shape index (κ1) is 21.3. The van der Waals surface area contributed by atoms with Gasteiger partial charge in [0.05, 0.1) is 11.5 Å². The topological polar surface area (TPSA) is 116 Å². The molecule has 8 nitrogen and oxygen atoms in total. The van der Waals surface area contributed by atoms with Gasteiger partial charge in [-0.05, 0) is 26.2 Å². The number of nitrogens with zero attached hydrogens (tertiary/aromatic N) is 3. The Hall–Kier alpha value is -1.67. The van der Waals surface area contributed by atoms with Gasteiger partial charge < -0.3 is 11.1 Å². The van der Waals surface area contributed by atoms with E-state index in [0.717, 1.165) is 6.42 Å². The lowest BCUT2D eigenvalue weighted by atomic mass is 10.0. The van der Waals surface area contributed by atoms with Gasteiger partial charge in [0, 0.05) is 19.0 Å². The third-order valence-corrected chi connectivity index (χ3v) is 3.48. The van der Waals surface area contributed by atoms with Gasteiger partial charge in [-0.1, -0.05) is 13.8 Å². The number of carbonyl (C=O) groups excluding carboxylic acids is 1. The fourth-order valence-electron chi connectivity index (χ4n) is 2.46. The molecule has 23 heavy (non-hydrogen) atoms. The van der Waals surface area contributed by atoms with E-state index in [-0.39, 0.29) is 36.5 Å². The van der Waals surface area contributed by atoms with E-state index in [9.17, 15) is 14.9 Å². The molecule has 1 aromatic heterocycles. The second kappa shape index (κ2) is 9.46.